The van der Waals surface area contributed by atoms with E-state index < -0.39 is 0 Å². The molecule has 0 aliphatic carbocycles. The van der Waals surface area contributed by atoms with Gasteiger partial charge in [0.15, 0.2) is 0 Å². The molecule has 0 saturated heterocycles. The van der Waals surface area contributed by atoms with Gasteiger partial charge in [0, 0.05) is 19.0 Å². The molecule has 0 aromatic heterocycles. The first-order valence-corrected chi connectivity index (χ1v) is 10.4. The fourth-order valence-corrected chi connectivity index (χ4v) is 3.35. The number of hydrogen-bond acceptors (Lipinski definition) is 2. The lowest BCUT2D eigenvalue weighted by Gasteiger charge is -2.12. The van der Waals surface area contributed by atoms with Crippen LogP contribution >= 0.6 is 0 Å². The van der Waals surface area contributed by atoms with Crippen LogP contribution in [0.3, 0.4) is 0 Å². The molecule has 1 atom stereocenters. The van der Waals surface area contributed by atoms with Gasteiger partial charge in [-0.25, -0.2) is 0 Å². The van der Waals surface area contributed by atoms with Crippen LogP contribution in [0.4, 0.5) is 0 Å². The fourth-order valence-electron chi connectivity index (χ4n) is 3.35. The molecule has 1 aromatic carbocycles. The molecular formula is C23H39NO. The lowest BCUT2D eigenvalue weighted by atomic mass is 9.93. The van der Waals surface area contributed by atoms with Gasteiger partial charge in [-0.2, -0.15) is 5.06 Å². The monoisotopic (exact) mass is 345 g/mol. The van der Waals surface area contributed by atoms with Gasteiger partial charge in [-0.05, 0) is 18.4 Å². The Kier molecular flexibility index (Phi) is 13.3. The summed E-state index contributed by atoms with van der Waals surface area (Å²) < 4.78 is 0. The zero-order chi connectivity index (χ0) is 18.2. The molecule has 0 saturated carbocycles. The molecule has 0 fully saturated rings. The van der Waals surface area contributed by atoms with E-state index in [0.717, 1.165) is 19.5 Å². The minimum Gasteiger partial charge on any atom is -0.314 e. The van der Waals surface area contributed by atoms with E-state index in [0.29, 0.717) is 5.92 Å². The Morgan fingerprint density at radius 2 is 1.40 bits per heavy atom. The number of unbranched alkanes of at least 4 members (excludes halogenated alkanes) is 9. The van der Waals surface area contributed by atoms with Crippen LogP contribution < -0.4 is 0 Å². The number of hydrogen-bond donors (Lipinski definition) is 1. The van der Waals surface area contributed by atoms with Crippen molar-refractivity contribution in [2.75, 3.05) is 13.1 Å². The highest BCUT2D eigenvalue weighted by Gasteiger charge is 2.06. The van der Waals surface area contributed by atoms with Crippen molar-refractivity contribution in [3.05, 3.63) is 48.6 Å². The highest BCUT2D eigenvalue weighted by Crippen LogP contribution is 2.23. The molecule has 0 spiro atoms. The van der Waals surface area contributed by atoms with Crippen LogP contribution in [0.15, 0.2) is 43.0 Å². The predicted molar refractivity (Wildman–Crippen MR) is 109 cm³/mol. The maximum Gasteiger partial charge on any atom is 0.0238 e. The van der Waals surface area contributed by atoms with E-state index in [4.69, 9.17) is 0 Å². The largest absolute Gasteiger partial charge is 0.314 e. The molecule has 0 radical (unpaired) electrons. The van der Waals surface area contributed by atoms with E-state index in [1.54, 1.807) is 0 Å². The van der Waals surface area contributed by atoms with E-state index >= 15 is 0 Å². The van der Waals surface area contributed by atoms with Gasteiger partial charge in [0.1, 0.15) is 0 Å². The van der Waals surface area contributed by atoms with Crippen molar-refractivity contribution in [3.8, 4) is 0 Å². The third-order valence-corrected chi connectivity index (χ3v) is 5.06. The van der Waals surface area contributed by atoms with Gasteiger partial charge in [0.2, 0.25) is 0 Å². The first kappa shape index (κ1) is 21.9. The Morgan fingerprint density at radius 1 is 0.880 bits per heavy atom. The summed E-state index contributed by atoms with van der Waals surface area (Å²) in [5, 5.41) is 10.8. The molecule has 0 aliphatic heterocycles. The summed E-state index contributed by atoms with van der Waals surface area (Å²) in [6.45, 7) is 7.55. The van der Waals surface area contributed by atoms with Crippen molar-refractivity contribution >= 4 is 0 Å². The maximum absolute atomic E-state index is 9.34. The molecule has 2 nitrogen and oxygen atoms in total. The number of hydroxylamine groups is 2. The number of nitrogens with zero attached hydrogens (tertiary/aromatic N) is 1. The fraction of sp³-hybridized carbons (Fsp3) is 0.652. The normalized spacial score (nSPS) is 12.4. The van der Waals surface area contributed by atoms with Crippen LogP contribution in [0.25, 0.3) is 0 Å². The first-order chi connectivity index (χ1) is 12.3. The van der Waals surface area contributed by atoms with E-state index in [1.165, 1.54) is 74.8 Å². The van der Waals surface area contributed by atoms with Crippen LogP contribution in [-0.4, -0.2) is 23.4 Å². The van der Waals surface area contributed by atoms with Crippen molar-refractivity contribution in [3.63, 3.8) is 0 Å². The average Bonchev–Trinajstić information content (AvgIpc) is 2.66. The van der Waals surface area contributed by atoms with Crippen molar-refractivity contribution < 1.29 is 5.21 Å². The van der Waals surface area contributed by atoms with Crippen LogP contribution in [0.2, 0.25) is 0 Å². The molecule has 2 heteroatoms. The van der Waals surface area contributed by atoms with Gasteiger partial charge >= 0.3 is 0 Å². The second kappa shape index (κ2) is 15.2. The molecular weight excluding hydrogens is 306 g/mol. The number of benzene rings is 1. The zero-order valence-electron chi connectivity index (χ0n) is 16.3. The Morgan fingerprint density at radius 3 is 1.92 bits per heavy atom. The Balaban J connectivity index is 1.89. The van der Waals surface area contributed by atoms with E-state index in [1.807, 2.05) is 6.92 Å². The quantitative estimate of drug-likeness (QED) is 0.199. The second-order valence-corrected chi connectivity index (χ2v) is 7.12. The minimum absolute atomic E-state index is 0.517. The average molecular weight is 346 g/mol. The van der Waals surface area contributed by atoms with Crippen LogP contribution in [0.1, 0.15) is 89.0 Å². The standard InChI is InChI=1S/C23H39NO/c1-3-22(23-19-15-13-16-20-23)18-14-11-9-7-5-6-8-10-12-17-21-24(25)4-2/h3,13,15-16,19-20,22,25H,1,4-12,14,17-18,21H2,2H3. The van der Waals surface area contributed by atoms with Gasteiger partial charge in [0.05, 0.1) is 0 Å². The van der Waals surface area contributed by atoms with Gasteiger partial charge in [-0.3, -0.25) is 0 Å². The summed E-state index contributed by atoms with van der Waals surface area (Å²) in [5.74, 6) is 0.517. The van der Waals surface area contributed by atoms with Crippen LogP contribution in [0, 0.1) is 0 Å². The minimum atomic E-state index is 0.517. The molecule has 25 heavy (non-hydrogen) atoms. The van der Waals surface area contributed by atoms with Gasteiger partial charge in [-0.1, -0.05) is 101 Å². The summed E-state index contributed by atoms with van der Waals surface area (Å²) in [6, 6.07) is 10.8. The molecule has 0 heterocycles. The van der Waals surface area contributed by atoms with E-state index in [2.05, 4.69) is 43.0 Å². The van der Waals surface area contributed by atoms with Crippen LogP contribution in [0.5, 0.6) is 0 Å². The lowest BCUT2D eigenvalue weighted by Crippen LogP contribution is -2.19. The number of rotatable bonds is 16. The van der Waals surface area contributed by atoms with Crippen molar-refractivity contribution in [2.24, 2.45) is 0 Å². The first-order valence-electron chi connectivity index (χ1n) is 10.4. The third kappa shape index (κ3) is 11.2. The smallest absolute Gasteiger partial charge is 0.0238 e. The van der Waals surface area contributed by atoms with Gasteiger partial charge in [-0.15, -0.1) is 6.58 Å². The molecule has 0 aliphatic rings. The maximum atomic E-state index is 9.34. The second-order valence-electron chi connectivity index (χ2n) is 7.12. The molecule has 0 bridgehead atoms. The van der Waals surface area contributed by atoms with E-state index in [-0.39, 0.29) is 0 Å². The molecule has 1 rings (SSSR count). The summed E-state index contributed by atoms with van der Waals surface area (Å²) in [6.07, 6.45) is 16.5. The SMILES string of the molecule is C=CC(CCCCCCCCCCCCN(O)CC)c1ccccc1. The molecule has 1 N–H and O–H groups in total. The number of allylic oxidation sites excluding steroid dienone is 1. The molecule has 1 aromatic rings. The Hall–Kier alpha value is -1.12. The van der Waals surface area contributed by atoms with Crippen LogP contribution in [-0.2, 0) is 0 Å². The third-order valence-electron chi connectivity index (χ3n) is 5.06. The highest BCUT2D eigenvalue weighted by molar-refractivity contribution is 5.22. The highest BCUT2D eigenvalue weighted by atomic mass is 16.5. The Labute approximate surface area is 155 Å². The van der Waals surface area contributed by atoms with E-state index in [9.17, 15) is 5.21 Å². The van der Waals surface area contributed by atoms with Crippen molar-refractivity contribution in [2.45, 2.75) is 83.5 Å². The zero-order valence-corrected chi connectivity index (χ0v) is 16.3. The molecule has 142 valence electrons. The molecule has 1 unspecified atom stereocenters. The van der Waals surface area contributed by atoms with Crippen molar-refractivity contribution in [1.82, 2.24) is 5.06 Å². The van der Waals surface area contributed by atoms with Gasteiger partial charge in [0.25, 0.3) is 0 Å². The molecule has 0 amide bonds. The predicted octanol–water partition coefficient (Wildman–Crippen LogP) is 6.96. The summed E-state index contributed by atoms with van der Waals surface area (Å²) in [7, 11) is 0. The lowest BCUT2D eigenvalue weighted by molar-refractivity contribution is -0.0869. The summed E-state index contributed by atoms with van der Waals surface area (Å²) in [4.78, 5) is 0. The topological polar surface area (TPSA) is 23.5 Å². The van der Waals surface area contributed by atoms with Crippen molar-refractivity contribution in [1.29, 1.82) is 0 Å². The summed E-state index contributed by atoms with van der Waals surface area (Å²) in [5.41, 5.74) is 1.40. The summed E-state index contributed by atoms with van der Waals surface area (Å²) >= 11 is 0. The van der Waals surface area contributed by atoms with Gasteiger partial charge < -0.3 is 5.21 Å². The Bertz CT molecular complexity index is 417.